The standard InChI is InChI=1S/C21H15N3O4S/c1-28-20(27)15-9-7-14(8-10-15)12-17-19(26)24-21(29-17)22-18(25)16(23-24)11-13-5-3-2-4-6-13/h2-10,12H,11H2,1H3/b17-12-. The average molecular weight is 405 g/mol. The van der Waals surface area contributed by atoms with E-state index in [0.29, 0.717) is 16.5 Å². The second-order valence-electron chi connectivity index (χ2n) is 6.25. The maximum Gasteiger partial charge on any atom is 0.337 e. The van der Waals surface area contributed by atoms with Gasteiger partial charge in [0.2, 0.25) is 4.96 Å². The lowest BCUT2D eigenvalue weighted by Crippen LogP contribution is -2.28. The fourth-order valence-corrected chi connectivity index (χ4v) is 3.73. The molecule has 2 heterocycles. The van der Waals surface area contributed by atoms with Crippen LogP contribution in [0.4, 0.5) is 0 Å². The summed E-state index contributed by atoms with van der Waals surface area (Å²) in [6, 6.07) is 16.1. The minimum Gasteiger partial charge on any atom is -0.465 e. The van der Waals surface area contributed by atoms with Crippen molar-refractivity contribution in [3.8, 4) is 0 Å². The largest absolute Gasteiger partial charge is 0.465 e. The number of thiazole rings is 1. The third-order valence-electron chi connectivity index (χ3n) is 4.29. The molecule has 144 valence electrons. The van der Waals surface area contributed by atoms with Crippen LogP contribution in [0.2, 0.25) is 0 Å². The molecule has 0 aliphatic heterocycles. The lowest BCUT2D eigenvalue weighted by molar-refractivity contribution is 0.0600. The summed E-state index contributed by atoms with van der Waals surface area (Å²) < 4.78 is 6.23. The van der Waals surface area contributed by atoms with Crippen LogP contribution in [0, 0.1) is 0 Å². The van der Waals surface area contributed by atoms with Gasteiger partial charge in [0, 0.05) is 6.42 Å². The van der Waals surface area contributed by atoms with Gasteiger partial charge in [0.15, 0.2) is 0 Å². The van der Waals surface area contributed by atoms with Crippen molar-refractivity contribution >= 4 is 28.3 Å². The highest BCUT2D eigenvalue weighted by Crippen LogP contribution is 2.08. The number of carbonyl (C=O) groups excluding carboxylic acids is 1. The number of rotatable bonds is 4. The summed E-state index contributed by atoms with van der Waals surface area (Å²) in [5, 5.41) is 4.24. The third-order valence-corrected chi connectivity index (χ3v) is 5.25. The van der Waals surface area contributed by atoms with E-state index in [1.807, 2.05) is 30.3 Å². The van der Waals surface area contributed by atoms with Gasteiger partial charge in [-0.2, -0.15) is 14.6 Å². The maximum absolute atomic E-state index is 12.7. The Kier molecular flexibility index (Phi) is 5.01. The van der Waals surface area contributed by atoms with Gasteiger partial charge in [0.1, 0.15) is 5.69 Å². The van der Waals surface area contributed by atoms with Gasteiger partial charge >= 0.3 is 5.97 Å². The summed E-state index contributed by atoms with van der Waals surface area (Å²) in [4.78, 5) is 40.8. The number of hydrogen-bond donors (Lipinski definition) is 0. The Hall–Kier alpha value is -3.65. The first-order chi connectivity index (χ1) is 14.0. The van der Waals surface area contributed by atoms with Crippen molar-refractivity contribution in [2.24, 2.45) is 0 Å². The summed E-state index contributed by atoms with van der Waals surface area (Å²) in [5.74, 6) is -0.430. The lowest BCUT2D eigenvalue weighted by atomic mass is 10.1. The third kappa shape index (κ3) is 3.83. The van der Waals surface area contributed by atoms with Gasteiger partial charge in [-0.25, -0.2) is 4.79 Å². The van der Waals surface area contributed by atoms with Gasteiger partial charge in [0.25, 0.3) is 11.1 Å². The molecule has 0 unspecified atom stereocenters. The number of ether oxygens (including phenoxy) is 1. The fraction of sp³-hybridized carbons (Fsp3) is 0.0952. The second kappa shape index (κ2) is 7.76. The number of carbonyl (C=O) groups is 1. The zero-order chi connectivity index (χ0) is 20.4. The number of methoxy groups -OCH3 is 1. The number of benzene rings is 2. The van der Waals surface area contributed by atoms with E-state index in [9.17, 15) is 14.4 Å². The van der Waals surface area contributed by atoms with Gasteiger partial charge < -0.3 is 4.74 Å². The molecule has 4 aromatic rings. The highest BCUT2D eigenvalue weighted by atomic mass is 32.1. The molecule has 4 rings (SSSR count). The number of esters is 1. The number of aromatic nitrogens is 3. The summed E-state index contributed by atoms with van der Waals surface area (Å²) in [6.07, 6.45) is 1.98. The molecule has 0 atom stereocenters. The molecule has 2 aromatic carbocycles. The molecule has 29 heavy (non-hydrogen) atoms. The van der Waals surface area contributed by atoms with Crippen LogP contribution >= 0.6 is 11.3 Å². The highest BCUT2D eigenvalue weighted by molar-refractivity contribution is 7.15. The van der Waals surface area contributed by atoms with Crippen LogP contribution < -0.4 is 15.7 Å². The Morgan fingerprint density at radius 2 is 1.83 bits per heavy atom. The summed E-state index contributed by atoms with van der Waals surface area (Å²) in [7, 11) is 1.32. The van der Waals surface area contributed by atoms with Crippen molar-refractivity contribution in [2.45, 2.75) is 6.42 Å². The second-order valence-corrected chi connectivity index (χ2v) is 7.26. The van der Waals surface area contributed by atoms with E-state index < -0.39 is 11.5 Å². The Balaban J connectivity index is 1.74. The van der Waals surface area contributed by atoms with Crippen LogP contribution in [0.1, 0.15) is 27.2 Å². The van der Waals surface area contributed by atoms with Crippen molar-refractivity contribution in [2.75, 3.05) is 7.11 Å². The van der Waals surface area contributed by atoms with Gasteiger partial charge in [-0.3, -0.25) is 9.59 Å². The first kappa shape index (κ1) is 18.7. The molecule has 0 amide bonds. The molecule has 2 aromatic heterocycles. The van der Waals surface area contributed by atoms with Crippen LogP contribution in [0.25, 0.3) is 11.0 Å². The minimum atomic E-state index is -0.441. The molecule has 0 spiro atoms. The molecule has 0 aliphatic rings. The highest BCUT2D eigenvalue weighted by Gasteiger charge is 2.12. The van der Waals surface area contributed by atoms with E-state index in [2.05, 4.69) is 14.8 Å². The van der Waals surface area contributed by atoms with Gasteiger partial charge in [-0.15, -0.1) is 0 Å². The molecule has 0 bridgehead atoms. The first-order valence-electron chi connectivity index (χ1n) is 8.72. The predicted molar refractivity (Wildman–Crippen MR) is 109 cm³/mol. The van der Waals surface area contributed by atoms with Crippen LogP contribution in [0.3, 0.4) is 0 Å². The first-order valence-corrected chi connectivity index (χ1v) is 9.53. The molecule has 7 nitrogen and oxygen atoms in total. The normalized spacial score (nSPS) is 11.7. The molecule has 8 heteroatoms. The van der Waals surface area contributed by atoms with Crippen molar-refractivity contribution in [3.05, 3.63) is 102 Å². The zero-order valence-corrected chi connectivity index (χ0v) is 16.2. The zero-order valence-electron chi connectivity index (χ0n) is 15.4. The monoisotopic (exact) mass is 405 g/mol. The van der Waals surface area contributed by atoms with Crippen LogP contribution in [-0.4, -0.2) is 27.7 Å². The summed E-state index contributed by atoms with van der Waals surface area (Å²) in [5.41, 5.74) is 1.50. The predicted octanol–water partition coefficient (Wildman–Crippen LogP) is 1.44. The van der Waals surface area contributed by atoms with E-state index in [4.69, 9.17) is 0 Å². The SMILES string of the molecule is COC(=O)c1ccc(/C=c2\sc3nc(=O)c(Cc4ccccc4)nn3c2=O)cc1. The Labute approximate surface area is 168 Å². The van der Waals surface area contributed by atoms with Crippen molar-refractivity contribution in [1.29, 1.82) is 0 Å². The maximum atomic E-state index is 12.7. The molecule has 0 aliphatic carbocycles. The van der Waals surface area contributed by atoms with E-state index in [-0.39, 0.29) is 16.2 Å². The topological polar surface area (TPSA) is 90.6 Å². The number of fused-ring (bicyclic) bond motifs is 1. The Morgan fingerprint density at radius 1 is 1.10 bits per heavy atom. The number of hydrogen-bond acceptors (Lipinski definition) is 7. The summed E-state index contributed by atoms with van der Waals surface area (Å²) in [6.45, 7) is 0. The minimum absolute atomic E-state index is 0.220. The quantitative estimate of drug-likeness (QED) is 0.477. The molecular weight excluding hydrogens is 390 g/mol. The van der Waals surface area contributed by atoms with E-state index in [1.165, 1.54) is 11.6 Å². The van der Waals surface area contributed by atoms with Crippen molar-refractivity contribution < 1.29 is 9.53 Å². The Bertz CT molecular complexity index is 1360. The smallest absolute Gasteiger partial charge is 0.337 e. The van der Waals surface area contributed by atoms with Crippen molar-refractivity contribution in [1.82, 2.24) is 14.6 Å². The average Bonchev–Trinajstić information content (AvgIpc) is 3.03. The number of nitrogens with zero attached hydrogens (tertiary/aromatic N) is 3. The van der Waals surface area contributed by atoms with Crippen molar-refractivity contribution in [3.63, 3.8) is 0 Å². The molecule has 0 fully saturated rings. The molecule has 0 radical (unpaired) electrons. The molecular formula is C21H15N3O4S. The van der Waals surface area contributed by atoms with E-state index in [1.54, 1.807) is 30.3 Å². The van der Waals surface area contributed by atoms with E-state index in [0.717, 1.165) is 22.5 Å². The van der Waals surface area contributed by atoms with Crippen LogP contribution in [0.15, 0.2) is 64.2 Å². The van der Waals surface area contributed by atoms with Crippen LogP contribution in [0.5, 0.6) is 0 Å². The Morgan fingerprint density at radius 3 is 2.52 bits per heavy atom. The van der Waals surface area contributed by atoms with E-state index >= 15 is 0 Å². The van der Waals surface area contributed by atoms with Gasteiger partial charge in [-0.05, 0) is 29.3 Å². The molecule has 0 saturated carbocycles. The molecule has 0 saturated heterocycles. The lowest BCUT2D eigenvalue weighted by Gasteiger charge is -1.99. The summed E-state index contributed by atoms with van der Waals surface area (Å²) >= 11 is 1.09. The fourth-order valence-electron chi connectivity index (χ4n) is 2.83. The van der Waals surface area contributed by atoms with Gasteiger partial charge in [-0.1, -0.05) is 53.8 Å². The molecule has 0 N–H and O–H groups in total. The van der Waals surface area contributed by atoms with Gasteiger partial charge in [0.05, 0.1) is 17.2 Å². The van der Waals surface area contributed by atoms with Crippen LogP contribution in [-0.2, 0) is 11.2 Å².